The molecule has 4 rings (SSSR count). The van der Waals surface area contributed by atoms with Crippen molar-refractivity contribution in [2.24, 2.45) is 5.41 Å². The number of nitrogens with one attached hydrogen (secondary N) is 1. The Morgan fingerprint density at radius 1 is 1.26 bits per heavy atom. The highest BCUT2D eigenvalue weighted by molar-refractivity contribution is 7.95. The highest BCUT2D eigenvalue weighted by Gasteiger charge is 2.55. The van der Waals surface area contributed by atoms with Gasteiger partial charge in [0.25, 0.3) is 0 Å². The van der Waals surface area contributed by atoms with E-state index < -0.39 is 81.9 Å². The van der Waals surface area contributed by atoms with Gasteiger partial charge in [-0.1, -0.05) is 19.9 Å². The van der Waals surface area contributed by atoms with Crippen molar-refractivity contribution in [3.8, 4) is 5.75 Å². The summed E-state index contributed by atoms with van der Waals surface area (Å²) in [5.74, 6) is 0.0306. The Morgan fingerprint density at radius 2 is 2.00 bits per heavy atom. The van der Waals surface area contributed by atoms with Gasteiger partial charge in [-0.2, -0.15) is 0 Å². The van der Waals surface area contributed by atoms with E-state index in [2.05, 4.69) is 5.32 Å². The van der Waals surface area contributed by atoms with Crippen LogP contribution in [-0.2, 0) is 27.4 Å². The third kappa shape index (κ3) is 7.17. The number of fused-ring (bicyclic) bond motifs is 1. The minimum Gasteiger partial charge on any atom is -0.464 e. The lowest BCUT2D eigenvalue weighted by atomic mass is 9.83. The Balaban J connectivity index is 1.46. The first-order valence-corrected chi connectivity index (χ1v) is 15.4. The number of hydrogen-bond donors (Lipinski definition) is 4. The first kappa shape index (κ1) is 26.0. The van der Waals surface area contributed by atoms with Crippen molar-refractivity contribution in [3.05, 3.63) is 34.9 Å². The minimum atomic E-state index is -1.15. The maximum Gasteiger partial charge on any atom is 0.247 e. The molecule has 11 nitrogen and oxygen atoms in total. The molecule has 0 radical (unpaired) electrons. The van der Waals surface area contributed by atoms with Crippen molar-refractivity contribution in [2.45, 2.75) is 82.8 Å². The van der Waals surface area contributed by atoms with Gasteiger partial charge in [-0.05, 0) is 83.9 Å². The average molecular weight is 635 g/mol. The predicted octanol–water partition coefficient (Wildman–Crippen LogP) is -0.270. The Hall–Kier alpha value is -1.26. The van der Waals surface area contributed by atoms with Crippen molar-refractivity contribution in [2.75, 3.05) is 24.7 Å². The molecule has 4 N–H and O–H groups in total. The van der Waals surface area contributed by atoms with Gasteiger partial charge in [-0.25, -0.2) is 0 Å². The summed E-state index contributed by atoms with van der Waals surface area (Å²) in [6.07, 6.45) is -4.96. The maximum atomic E-state index is 13.5. The standard InChI is InChI=1S/C27H41B2NO10S2/c1-13-7-15(5-6-16(13)37-26-27(3,4)24(40-42-11-29)17(9-31)38-26)8-14(2)25(34)30-18-19(32)20(33)22-23(36-12-35-22)21(18)39-41-10-28/h5-8,17-24,26,31-33H,9-12,28-29H2,1-4H3,(H,30,34)/b14-8+/t17-,18?,19+,20-,21-,22-,23+,24-,26-/m1/s1/i28TD,29TD,32T,33T. The summed E-state index contributed by atoms with van der Waals surface area (Å²) in [4.78, 5) is 13.5. The van der Waals surface area contributed by atoms with Gasteiger partial charge in [0, 0.05) is 5.57 Å². The molecule has 2 saturated heterocycles. The largest absolute Gasteiger partial charge is 0.464 e. The zero-order valence-corrected chi connectivity index (χ0v) is 25.6. The molecule has 1 aromatic carbocycles. The SMILES string of the molecule is [2H]B([3H])CSO[C@@H]1C(NC(=O)/C(C)=C/c2ccc(O[C@@H]3O[C@H](CO)[C@@H](OSCB([2H])[3H])C3(C)C)c(C)c2)[C@H](O[3H])[C@@H](O[3H])[C@H]2OCO[C@H]21. The molecule has 1 aromatic rings. The second-order valence-corrected chi connectivity index (χ2v) is 12.5. The minimum absolute atomic E-state index is 0.0256. The van der Waals surface area contributed by atoms with Crippen LogP contribution < -0.4 is 10.1 Å². The molecule has 42 heavy (non-hydrogen) atoms. The van der Waals surface area contributed by atoms with Crippen LogP contribution in [0.15, 0.2) is 23.8 Å². The van der Waals surface area contributed by atoms with Crippen LogP contribution >= 0.6 is 24.1 Å². The number of amides is 1. The van der Waals surface area contributed by atoms with E-state index in [9.17, 15) is 9.90 Å². The van der Waals surface area contributed by atoms with Gasteiger partial charge in [0.1, 0.15) is 70.8 Å². The van der Waals surface area contributed by atoms with Crippen LogP contribution in [0.25, 0.3) is 6.08 Å². The van der Waals surface area contributed by atoms with Crippen LogP contribution in [-0.4, -0.2) is 125 Å². The van der Waals surface area contributed by atoms with Crippen molar-refractivity contribution in [1.29, 1.82) is 8.21 Å². The molecule has 15 heteroatoms. The fourth-order valence-electron chi connectivity index (χ4n) is 5.36. The quantitative estimate of drug-likeness (QED) is 0.108. The van der Waals surface area contributed by atoms with Crippen molar-refractivity contribution < 1.29 is 47.4 Å². The van der Waals surface area contributed by atoms with Gasteiger partial charge in [0.2, 0.25) is 15.1 Å². The fraction of sp³-hybridized carbons (Fsp3) is 0.667. The number of carbonyl (C=O) groups excluding carboxylic acids is 1. The van der Waals surface area contributed by atoms with Gasteiger partial charge >= 0.3 is 0 Å². The lowest BCUT2D eigenvalue weighted by Crippen LogP contribution is -2.67. The third-order valence-electron chi connectivity index (χ3n) is 7.64. The monoisotopic (exact) mass is 635 g/mol. The molecule has 2 heterocycles. The summed E-state index contributed by atoms with van der Waals surface area (Å²) in [6.45, 7) is 6.86. The van der Waals surface area contributed by atoms with E-state index in [0.717, 1.165) is 29.6 Å². The van der Waals surface area contributed by atoms with Crippen molar-refractivity contribution in [3.63, 3.8) is 0 Å². The smallest absolute Gasteiger partial charge is 0.247 e. The average Bonchev–Trinajstić information content (AvgIpc) is 3.60. The van der Waals surface area contributed by atoms with Crippen LogP contribution in [0, 0.1) is 12.3 Å². The van der Waals surface area contributed by atoms with Crippen LogP contribution in [0.3, 0.4) is 0 Å². The molecular formula is C27H41B2NO10S2. The molecule has 0 bridgehead atoms. The van der Waals surface area contributed by atoms with Gasteiger partial charge in [-0.15, -0.1) is 0 Å². The van der Waals surface area contributed by atoms with Crippen LogP contribution in [0.5, 0.6) is 5.75 Å². The summed E-state index contributed by atoms with van der Waals surface area (Å²) in [6, 6.07) is 4.35. The number of aryl methyl sites for hydroxylation is 1. The van der Waals surface area contributed by atoms with E-state index in [4.69, 9.17) is 45.7 Å². The van der Waals surface area contributed by atoms with Crippen LogP contribution in [0.1, 0.15) is 31.9 Å². The van der Waals surface area contributed by atoms with E-state index >= 15 is 0 Å². The Bertz CT molecular complexity index is 1260. The molecule has 9 atom stereocenters. The zero-order valence-electron chi connectivity index (χ0n) is 29.9. The number of aliphatic hydroxyl groups excluding tert-OH is 3. The summed E-state index contributed by atoms with van der Waals surface area (Å²) >= 11 is 1.86. The molecular weight excluding hydrogens is 584 g/mol. The zero-order chi connectivity index (χ0) is 35.2. The number of carbonyl (C=O) groups is 1. The van der Waals surface area contributed by atoms with E-state index in [-0.39, 0.29) is 24.7 Å². The number of aliphatic hydroxyl groups is 3. The molecule has 232 valence electrons. The molecule has 1 aliphatic carbocycles. The number of ether oxygens (including phenoxy) is 4. The Labute approximate surface area is 266 Å². The number of rotatable bonds is 16. The van der Waals surface area contributed by atoms with Gasteiger partial charge in [0.15, 0.2) is 0 Å². The van der Waals surface area contributed by atoms with E-state index in [1.54, 1.807) is 25.1 Å². The Morgan fingerprint density at radius 3 is 2.69 bits per heavy atom. The summed E-state index contributed by atoms with van der Waals surface area (Å²) < 4.78 is 80.2. The second kappa shape index (κ2) is 14.7. The molecule has 2 aliphatic heterocycles. The normalized spacial score (nSPS) is 36.0. The molecule has 1 unspecified atom stereocenters. The lowest BCUT2D eigenvalue weighted by molar-refractivity contribution is -0.147. The fourth-order valence-corrected chi connectivity index (χ4v) is 6.42. The van der Waals surface area contributed by atoms with Crippen LogP contribution in [0.4, 0.5) is 0 Å². The topological polar surface area (TPSA) is 145 Å². The van der Waals surface area contributed by atoms with E-state index in [1.807, 2.05) is 26.8 Å². The molecule has 0 spiro atoms. The second-order valence-electron chi connectivity index (χ2n) is 10.9. The summed E-state index contributed by atoms with van der Waals surface area (Å²) in [5, 5.41) is 22.5. The lowest BCUT2D eigenvalue weighted by Gasteiger charge is -2.43. The van der Waals surface area contributed by atoms with E-state index in [1.165, 1.54) is 0 Å². The molecule has 1 saturated carbocycles. The molecule has 3 aliphatic rings. The highest BCUT2D eigenvalue weighted by atomic mass is 32.2. The first-order valence-electron chi connectivity index (χ1n) is 16.7. The van der Waals surface area contributed by atoms with Gasteiger partial charge in [0.05, 0.1) is 18.1 Å². The molecule has 0 aromatic heterocycles. The van der Waals surface area contributed by atoms with E-state index in [0.29, 0.717) is 16.9 Å². The van der Waals surface area contributed by atoms with Crippen LogP contribution in [0.2, 0.25) is 0 Å². The third-order valence-corrected chi connectivity index (χ3v) is 8.61. The predicted molar refractivity (Wildman–Crippen MR) is 165 cm³/mol. The summed E-state index contributed by atoms with van der Waals surface area (Å²) in [7, 11) is -2.19. The molecule has 1 amide bonds. The summed E-state index contributed by atoms with van der Waals surface area (Å²) in [5.41, 5.74) is 1.27. The van der Waals surface area contributed by atoms with Crippen molar-refractivity contribution >= 4 is 51.6 Å². The van der Waals surface area contributed by atoms with Crippen molar-refractivity contribution in [1.82, 2.24) is 5.32 Å². The molecule has 3 fully saturated rings. The Kier molecular flexibility index (Phi) is 9.09. The first-order chi connectivity index (χ1) is 22.8. The highest BCUT2D eigenvalue weighted by Crippen LogP contribution is 2.43. The van der Waals surface area contributed by atoms with Gasteiger partial charge in [-0.3, -0.25) is 4.79 Å². The van der Waals surface area contributed by atoms with Gasteiger partial charge < -0.3 is 48.0 Å². The number of hydrogen-bond acceptors (Lipinski definition) is 12. The number of benzene rings is 1. The maximum absolute atomic E-state index is 13.5.